The van der Waals surface area contributed by atoms with E-state index in [-0.39, 0.29) is 22.4 Å². The number of aromatic carboxylic acids is 1. The first-order valence-corrected chi connectivity index (χ1v) is 7.39. The van der Waals surface area contributed by atoms with E-state index in [2.05, 4.69) is 10.2 Å². The molecule has 2 rings (SSSR count). The van der Waals surface area contributed by atoms with Gasteiger partial charge in [0.2, 0.25) is 5.01 Å². The summed E-state index contributed by atoms with van der Waals surface area (Å²) < 4.78 is 22.4. The zero-order valence-electron chi connectivity index (χ0n) is 8.29. The zero-order chi connectivity index (χ0) is 11.8. The number of carboxylic acid groups (broad SMARTS) is 1. The van der Waals surface area contributed by atoms with Crippen molar-refractivity contribution >= 4 is 27.1 Å². The highest BCUT2D eigenvalue weighted by atomic mass is 32.2. The SMILES string of the molecule is O=C(O)c1nnc(C2CCS(=O)(=O)CC2)s1. The van der Waals surface area contributed by atoms with Crippen molar-refractivity contribution in [3.05, 3.63) is 10.0 Å². The third-order valence-electron chi connectivity index (χ3n) is 2.53. The van der Waals surface area contributed by atoms with Crippen LogP contribution in [-0.2, 0) is 9.84 Å². The molecule has 0 unspecified atom stereocenters. The first kappa shape index (κ1) is 11.5. The van der Waals surface area contributed by atoms with Crippen molar-refractivity contribution in [2.75, 3.05) is 11.5 Å². The van der Waals surface area contributed by atoms with Crippen LogP contribution >= 0.6 is 11.3 Å². The summed E-state index contributed by atoms with van der Waals surface area (Å²) in [5, 5.41) is 16.6. The van der Waals surface area contributed by atoms with Crippen LogP contribution in [0, 0.1) is 0 Å². The summed E-state index contributed by atoms with van der Waals surface area (Å²) in [5.41, 5.74) is 0. The Morgan fingerprint density at radius 1 is 1.31 bits per heavy atom. The molecule has 0 atom stereocenters. The molecular weight excluding hydrogens is 252 g/mol. The first-order valence-electron chi connectivity index (χ1n) is 4.75. The topological polar surface area (TPSA) is 97.2 Å². The maximum absolute atomic E-state index is 11.2. The highest BCUT2D eigenvalue weighted by molar-refractivity contribution is 7.91. The van der Waals surface area contributed by atoms with Crippen LogP contribution in [0.3, 0.4) is 0 Å². The number of carbonyl (C=O) groups is 1. The van der Waals surface area contributed by atoms with Gasteiger partial charge in [0.25, 0.3) is 0 Å². The van der Waals surface area contributed by atoms with Crippen LogP contribution in [-0.4, -0.2) is 41.2 Å². The Balaban J connectivity index is 2.11. The molecule has 16 heavy (non-hydrogen) atoms. The minimum Gasteiger partial charge on any atom is -0.476 e. The van der Waals surface area contributed by atoms with Gasteiger partial charge in [-0.3, -0.25) is 0 Å². The van der Waals surface area contributed by atoms with Gasteiger partial charge in [-0.15, -0.1) is 10.2 Å². The molecule has 0 radical (unpaired) electrons. The predicted octanol–water partition coefficient (Wildman–Crippen LogP) is 0.528. The van der Waals surface area contributed by atoms with Crippen LogP contribution in [0.2, 0.25) is 0 Å². The maximum Gasteiger partial charge on any atom is 0.367 e. The quantitative estimate of drug-likeness (QED) is 0.835. The van der Waals surface area contributed by atoms with Crippen LogP contribution in [0.1, 0.15) is 33.6 Å². The predicted molar refractivity (Wildman–Crippen MR) is 57.5 cm³/mol. The Morgan fingerprint density at radius 3 is 2.44 bits per heavy atom. The summed E-state index contributed by atoms with van der Waals surface area (Å²) in [6.07, 6.45) is 1.02. The van der Waals surface area contributed by atoms with Gasteiger partial charge in [-0.2, -0.15) is 0 Å². The van der Waals surface area contributed by atoms with Gasteiger partial charge in [0.05, 0.1) is 11.5 Å². The second-order valence-corrected chi connectivity index (χ2v) is 6.99. The van der Waals surface area contributed by atoms with Crippen molar-refractivity contribution in [3.63, 3.8) is 0 Å². The standard InChI is InChI=1S/C8H10N2O4S2/c11-8(12)7-10-9-6(15-7)5-1-3-16(13,14)4-2-5/h5H,1-4H2,(H,11,12). The molecule has 0 aromatic carbocycles. The minimum atomic E-state index is -2.89. The highest BCUT2D eigenvalue weighted by Gasteiger charge is 2.27. The third kappa shape index (κ3) is 2.38. The van der Waals surface area contributed by atoms with Gasteiger partial charge in [0.1, 0.15) is 14.8 Å². The maximum atomic E-state index is 11.2. The number of hydrogen-bond acceptors (Lipinski definition) is 6. The van der Waals surface area contributed by atoms with Crippen LogP contribution in [0.25, 0.3) is 0 Å². The molecule has 88 valence electrons. The number of sulfone groups is 1. The van der Waals surface area contributed by atoms with E-state index in [0.717, 1.165) is 11.3 Å². The first-order chi connectivity index (χ1) is 7.48. The molecule has 1 aromatic heterocycles. The fourth-order valence-corrected chi connectivity index (χ4v) is 3.97. The van der Waals surface area contributed by atoms with Gasteiger partial charge in [0.15, 0.2) is 0 Å². The summed E-state index contributed by atoms with van der Waals surface area (Å²) in [5.74, 6) is -0.749. The Kier molecular flexibility index (Phi) is 2.94. The molecular formula is C8H10N2O4S2. The van der Waals surface area contributed by atoms with Crippen LogP contribution in [0.4, 0.5) is 0 Å². The van der Waals surface area contributed by atoms with E-state index in [0.29, 0.717) is 17.8 Å². The molecule has 0 saturated carbocycles. The van der Waals surface area contributed by atoms with Gasteiger partial charge >= 0.3 is 5.97 Å². The van der Waals surface area contributed by atoms with Gasteiger partial charge < -0.3 is 5.11 Å². The van der Waals surface area contributed by atoms with Crippen LogP contribution < -0.4 is 0 Å². The fraction of sp³-hybridized carbons (Fsp3) is 0.625. The number of carboxylic acids is 1. The lowest BCUT2D eigenvalue weighted by Gasteiger charge is -2.18. The second-order valence-electron chi connectivity index (χ2n) is 3.68. The van der Waals surface area contributed by atoms with E-state index in [1.807, 2.05) is 0 Å². The molecule has 0 amide bonds. The Labute approximate surface area is 96.2 Å². The number of rotatable bonds is 2. The van der Waals surface area contributed by atoms with Crippen molar-refractivity contribution in [2.45, 2.75) is 18.8 Å². The van der Waals surface area contributed by atoms with E-state index < -0.39 is 15.8 Å². The smallest absolute Gasteiger partial charge is 0.367 e. The molecule has 1 fully saturated rings. The normalized spacial score (nSPS) is 20.8. The molecule has 1 aliphatic heterocycles. The summed E-state index contributed by atoms with van der Waals surface area (Å²) in [6, 6.07) is 0. The summed E-state index contributed by atoms with van der Waals surface area (Å²) in [6.45, 7) is 0. The van der Waals surface area contributed by atoms with Crippen molar-refractivity contribution in [1.82, 2.24) is 10.2 Å². The van der Waals surface area contributed by atoms with E-state index in [1.54, 1.807) is 0 Å². The van der Waals surface area contributed by atoms with Gasteiger partial charge in [-0.25, -0.2) is 13.2 Å². The number of nitrogens with zero attached hydrogens (tertiary/aromatic N) is 2. The van der Waals surface area contributed by atoms with Crippen molar-refractivity contribution < 1.29 is 18.3 Å². The lowest BCUT2D eigenvalue weighted by atomic mass is 10.0. The van der Waals surface area contributed by atoms with E-state index in [9.17, 15) is 13.2 Å². The summed E-state index contributed by atoms with van der Waals surface area (Å²) >= 11 is 1.03. The van der Waals surface area contributed by atoms with Crippen LogP contribution in [0.15, 0.2) is 0 Å². The fourth-order valence-electron chi connectivity index (χ4n) is 1.62. The lowest BCUT2D eigenvalue weighted by Crippen LogP contribution is -2.22. The Hall–Kier alpha value is -1.02. The second kappa shape index (κ2) is 4.10. The molecule has 1 saturated heterocycles. The Morgan fingerprint density at radius 2 is 1.94 bits per heavy atom. The molecule has 1 N–H and O–H groups in total. The van der Waals surface area contributed by atoms with Gasteiger partial charge in [-0.1, -0.05) is 11.3 Å². The lowest BCUT2D eigenvalue weighted by molar-refractivity contribution is 0.0695. The number of hydrogen-bond donors (Lipinski definition) is 1. The third-order valence-corrected chi connectivity index (χ3v) is 5.32. The van der Waals surface area contributed by atoms with Crippen molar-refractivity contribution in [2.24, 2.45) is 0 Å². The molecule has 1 aliphatic rings. The molecule has 8 heteroatoms. The Bertz CT molecular complexity index is 494. The van der Waals surface area contributed by atoms with Gasteiger partial charge in [-0.05, 0) is 12.8 Å². The van der Waals surface area contributed by atoms with Crippen molar-refractivity contribution in [1.29, 1.82) is 0 Å². The van der Waals surface area contributed by atoms with Crippen molar-refractivity contribution in [3.8, 4) is 0 Å². The van der Waals surface area contributed by atoms with Gasteiger partial charge in [0, 0.05) is 5.92 Å². The summed E-state index contributed by atoms with van der Waals surface area (Å²) in [7, 11) is -2.89. The monoisotopic (exact) mass is 262 g/mol. The van der Waals surface area contributed by atoms with Crippen LogP contribution in [0.5, 0.6) is 0 Å². The molecule has 2 heterocycles. The minimum absolute atomic E-state index is 0.0362. The van der Waals surface area contributed by atoms with E-state index in [1.165, 1.54) is 0 Å². The largest absolute Gasteiger partial charge is 0.476 e. The average molecular weight is 262 g/mol. The van der Waals surface area contributed by atoms with E-state index >= 15 is 0 Å². The molecule has 0 bridgehead atoms. The number of aromatic nitrogens is 2. The summed E-state index contributed by atoms with van der Waals surface area (Å²) in [4.78, 5) is 10.6. The molecule has 0 spiro atoms. The average Bonchev–Trinajstić information content (AvgIpc) is 2.66. The van der Waals surface area contributed by atoms with E-state index in [4.69, 9.17) is 5.11 Å². The zero-order valence-corrected chi connectivity index (χ0v) is 9.92. The highest BCUT2D eigenvalue weighted by Crippen LogP contribution is 2.30. The molecule has 1 aromatic rings. The molecule has 0 aliphatic carbocycles. The molecule has 6 nitrogen and oxygen atoms in total.